The van der Waals surface area contributed by atoms with Gasteiger partial charge in [-0.2, -0.15) is 23.1 Å². The van der Waals surface area contributed by atoms with Crippen LogP contribution in [0.15, 0.2) is 6.07 Å². The third-order valence-corrected chi connectivity index (χ3v) is 9.37. The van der Waals surface area contributed by atoms with Crippen LogP contribution in [-0.2, 0) is 6.18 Å². The Labute approximate surface area is 255 Å². The zero-order valence-corrected chi connectivity index (χ0v) is 25.2. The molecule has 0 radical (unpaired) electrons. The first-order chi connectivity index (χ1) is 21.2. The summed E-state index contributed by atoms with van der Waals surface area (Å²) in [5, 5.41) is 3.40. The molecule has 1 aromatic carbocycles. The highest BCUT2D eigenvalue weighted by molar-refractivity contribution is 5.96. The summed E-state index contributed by atoms with van der Waals surface area (Å²) in [6.07, 6.45) is -4.63. The number of alkyl halides is 4. The van der Waals surface area contributed by atoms with Crippen molar-refractivity contribution in [3.05, 3.63) is 28.8 Å². The summed E-state index contributed by atoms with van der Waals surface area (Å²) < 4.78 is 99.9. The molecule has 15 heteroatoms. The lowest BCUT2D eigenvalue weighted by atomic mass is 9.90. The standard InChI is InChI=1S/C30H35F6N7O2/c1-5-18-20(15-8-19(15)39-18)12(3)45-28-21-26(41-29(42-27(21)38)44-10-14-6-13(31)9-43(14)4)24(33)25(40-28)16-7-17(37)23(32)11(2)22(16)30(34,35)36/h7,12-15,18-20,39H,5-6,8-10,37H2,1-4H3,(H2,38,41,42)/t12-,13+,14-,15?,18-,19-,20-/m0/s1. The molecule has 7 atom stereocenters. The van der Waals surface area contributed by atoms with Gasteiger partial charge in [0.1, 0.15) is 47.1 Å². The van der Waals surface area contributed by atoms with Gasteiger partial charge in [0, 0.05) is 36.2 Å². The maximum atomic E-state index is 16.4. The Morgan fingerprint density at radius 1 is 1.13 bits per heavy atom. The van der Waals surface area contributed by atoms with Crippen LogP contribution in [0.4, 0.5) is 37.8 Å². The number of nitrogen functional groups attached to an aromatic ring is 2. The molecule has 3 aromatic rings. The lowest BCUT2D eigenvalue weighted by molar-refractivity contribution is -0.137. The lowest BCUT2D eigenvalue weighted by Gasteiger charge is -2.28. The van der Waals surface area contributed by atoms with Gasteiger partial charge in [-0.3, -0.25) is 4.90 Å². The van der Waals surface area contributed by atoms with E-state index in [2.05, 4.69) is 20.3 Å². The minimum atomic E-state index is -5.09. The predicted octanol–water partition coefficient (Wildman–Crippen LogP) is 5.04. The highest BCUT2D eigenvalue weighted by atomic mass is 19.4. The Balaban J connectivity index is 1.50. The highest BCUT2D eigenvalue weighted by Gasteiger charge is 2.55. The third kappa shape index (κ3) is 5.58. The molecule has 0 bridgehead atoms. The summed E-state index contributed by atoms with van der Waals surface area (Å²) >= 11 is 0. The molecule has 3 fully saturated rings. The Hall–Kier alpha value is -3.59. The van der Waals surface area contributed by atoms with Gasteiger partial charge in [-0.15, -0.1) is 0 Å². The summed E-state index contributed by atoms with van der Waals surface area (Å²) in [4.78, 5) is 14.3. The van der Waals surface area contributed by atoms with E-state index < -0.39 is 63.7 Å². The maximum Gasteiger partial charge on any atom is 0.417 e. The second-order valence-corrected chi connectivity index (χ2v) is 12.3. The quantitative estimate of drug-likeness (QED) is 0.230. The molecule has 9 nitrogen and oxygen atoms in total. The van der Waals surface area contributed by atoms with E-state index in [4.69, 9.17) is 20.9 Å². The normalized spacial score (nSPS) is 27.2. The molecule has 5 N–H and O–H groups in total. The van der Waals surface area contributed by atoms with Crippen LogP contribution in [0.5, 0.6) is 11.9 Å². The predicted molar refractivity (Wildman–Crippen MR) is 155 cm³/mol. The SMILES string of the molecule is CC[C@@H]1N[C@H]2CC2[C@@H]1[C@H](C)Oc1nc(-c2cc(N)c(F)c(C)c2C(F)(F)F)c(F)c2nc(OC[C@@H]3C[C@@H](F)CN3C)nc(N)c12. The summed E-state index contributed by atoms with van der Waals surface area (Å²) in [5.41, 5.74) is 7.07. The smallest absolute Gasteiger partial charge is 0.417 e. The Kier molecular flexibility index (Phi) is 7.91. The minimum absolute atomic E-state index is 0.0383. The molecule has 2 aromatic heterocycles. The van der Waals surface area contributed by atoms with Gasteiger partial charge in [0.15, 0.2) is 5.82 Å². The lowest BCUT2D eigenvalue weighted by Crippen LogP contribution is -2.38. The number of rotatable bonds is 8. The zero-order chi connectivity index (χ0) is 32.5. The molecule has 45 heavy (non-hydrogen) atoms. The van der Waals surface area contributed by atoms with Crippen molar-refractivity contribution >= 4 is 22.4 Å². The van der Waals surface area contributed by atoms with Crippen molar-refractivity contribution in [3.8, 4) is 23.1 Å². The minimum Gasteiger partial charge on any atom is -0.474 e. The highest BCUT2D eigenvalue weighted by Crippen LogP contribution is 2.49. The first kappa shape index (κ1) is 31.4. The number of benzene rings is 1. The van der Waals surface area contributed by atoms with Gasteiger partial charge < -0.3 is 26.3 Å². The molecule has 6 rings (SSSR count). The largest absolute Gasteiger partial charge is 0.474 e. The van der Waals surface area contributed by atoms with Crippen LogP contribution >= 0.6 is 0 Å². The van der Waals surface area contributed by atoms with Crippen molar-refractivity contribution < 1.29 is 35.8 Å². The summed E-state index contributed by atoms with van der Waals surface area (Å²) in [7, 11) is 1.73. The van der Waals surface area contributed by atoms with Crippen LogP contribution in [0.25, 0.3) is 22.2 Å². The van der Waals surface area contributed by atoms with Crippen molar-refractivity contribution in [1.29, 1.82) is 0 Å². The number of hydrogen-bond acceptors (Lipinski definition) is 9. The van der Waals surface area contributed by atoms with Crippen LogP contribution in [0.1, 0.15) is 44.2 Å². The number of aromatic nitrogens is 3. The average Bonchev–Trinajstić information content (AvgIpc) is 3.49. The molecule has 3 aliphatic rings. The number of likely N-dealkylation sites (N-methyl/N-ethyl adjacent to an activating group) is 1. The molecular formula is C30H35F6N7O2. The van der Waals surface area contributed by atoms with Crippen molar-refractivity contribution in [1.82, 2.24) is 25.2 Å². The fourth-order valence-electron chi connectivity index (χ4n) is 7.06. The first-order valence-corrected chi connectivity index (χ1v) is 14.9. The molecule has 4 heterocycles. The number of fused-ring (bicyclic) bond motifs is 2. The first-order valence-electron chi connectivity index (χ1n) is 14.9. The Morgan fingerprint density at radius 3 is 2.51 bits per heavy atom. The van der Waals surface area contributed by atoms with Crippen LogP contribution in [0, 0.1) is 30.4 Å². The maximum absolute atomic E-state index is 16.4. The number of anilines is 2. The van der Waals surface area contributed by atoms with Crippen LogP contribution in [-0.4, -0.2) is 70.5 Å². The molecular weight excluding hydrogens is 604 g/mol. The number of hydrogen-bond donors (Lipinski definition) is 3. The monoisotopic (exact) mass is 639 g/mol. The number of nitrogens with zero attached hydrogens (tertiary/aromatic N) is 4. The molecule has 1 saturated carbocycles. The van der Waals surface area contributed by atoms with Crippen molar-refractivity contribution in [3.63, 3.8) is 0 Å². The number of nitrogens with two attached hydrogens (primary N) is 2. The molecule has 0 spiro atoms. The van der Waals surface area contributed by atoms with E-state index in [0.717, 1.165) is 19.8 Å². The molecule has 0 amide bonds. The van der Waals surface area contributed by atoms with Gasteiger partial charge in [-0.1, -0.05) is 6.92 Å². The molecule has 2 aliphatic heterocycles. The topological polar surface area (TPSA) is 124 Å². The fourth-order valence-corrected chi connectivity index (χ4v) is 7.06. The molecule has 2 saturated heterocycles. The number of pyridine rings is 1. The van der Waals surface area contributed by atoms with Gasteiger partial charge >= 0.3 is 12.2 Å². The van der Waals surface area contributed by atoms with E-state index in [0.29, 0.717) is 18.0 Å². The van der Waals surface area contributed by atoms with Crippen LogP contribution in [0.2, 0.25) is 0 Å². The third-order valence-electron chi connectivity index (χ3n) is 9.37. The van der Waals surface area contributed by atoms with E-state index >= 15 is 4.39 Å². The average molecular weight is 640 g/mol. The number of likely N-dealkylation sites (tertiary alicyclic amines) is 1. The molecule has 1 aliphatic carbocycles. The van der Waals surface area contributed by atoms with Crippen LogP contribution < -0.4 is 26.3 Å². The molecule has 244 valence electrons. The van der Waals surface area contributed by atoms with E-state index in [1.807, 2.05) is 13.8 Å². The summed E-state index contributed by atoms with van der Waals surface area (Å²) in [6.45, 7) is 4.95. The van der Waals surface area contributed by atoms with E-state index in [1.54, 1.807) is 11.9 Å². The van der Waals surface area contributed by atoms with Gasteiger partial charge in [0.05, 0.1) is 11.3 Å². The zero-order valence-electron chi connectivity index (χ0n) is 25.2. The van der Waals surface area contributed by atoms with Crippen molar-refractivity contribution in [2.75, 3.05) is 31.7 Å². The summed E-state index contributed by atoms with van der Waals surface area (Å²) in [6, 6.07) is 0.527. The number of nitrogens with one attached hydrogen (secondary N) is 1. The van der Waals surface area contributed by atoms with E-state index in [9.17, 15) is 22.0 Å². The Morgan fingerprint density at radius 2 is 1.87 bits per heavy atom. The van der Waals surface area contributed by atoms with Gasteiger partial charge in [-0.05, 0) is 57.7 Å². The van der Waals surface area contributed by atoms with Crippen LogP contribution in [0.3, 0.4) is 0 Å². The second kappa shape index (κ2) is 11.3. The van der Waals surface area contributed by atoms with Gasteiger partial charge in [0.2, 0.25) is 5.88 Å². The number of ether oxygens (including phenoxy) is 2. The van der Waals surface area contributed by atoms with E-state index in [1.165, 1.54) is 0 Å². The van der Waals surface area contributed by atoms with Crippen molar-refractivity contribution in [2.45, 2.75) is 76.6 Å². The van der Waals surface area contributed by atoms with Gasteiger partial charge in [0.25, 0.3) is 0 Å². The Bertz CT molecular complexity index is 1640. The second-order valence-electron chi connectivity index (χ2n) is 12.3. The van der Waals surface area contributed by atoms with E-state index in [-0.39, 0.29) is 60.7 Å². The van der Waals surface area contributed by atoms with Crippen molar-refractivity contribution in [2.24, 2.45) is 11.8 Å². The summed E-state index contributed by atoms with van der Waals surface area (Å²) in [5.74, 6) is -2.71. The molecule has 1 unspecified atom stereocenters. The number of piperidine rings is 1. The fraction of sp³-hybridized carbons (Fsp3) is 0.567. The van der Waals surface area contributed by atoms with Gasteiger partial charge in [-0.25, -0.2) is 18.2 Å². The number of halogens is 6.